The van der Waals surface area contributed by atoms with Gasteiger partial charge in [-0.3, -0.25) is 9.59 Å². The van der Waals surface area contributed by atoms with Gasteiger partial charge in [-0.1, -0.05) is 97.1 Å². The lowest BCUT2D eigenvalue weighted by atomic mass is 9.83. The van der Waals surface area contributed by atoms with Gasteiger partial charge in [-0.15, -0.1) is 22.7 Å². The van der Waals surface area contributed by atoms with E-state index in [1.807, 2.05) is 48.5 Å². The van der Waals surface area contributed by atoms with Gasteiger partial charge in [-0.25, -0.2) is 0 Å². The lowest BCUT2D eigenvalue weighted by Gasteiger charge is -2.25. The number of rotatable bonds is 8. The first kappa shape index (κ1) is 35.8. The minimum absolute atomic E-state index is 0.108. The summed E-state index contributed by atoms with van der Waals surface area (Å²) < 4.78 is 1.96. The molecule has 1 aliphatic rings. The minimum Gasteiger partial charge on any atom is -0.311 e. The van der Waals surface area contributed by atoms with Gasteiger partial charge < -0.3 is 9.80 Å². The number of nitrogens with zero attached hydrogens (tertiary/aromatic N) is 2. The predicted molar refractivity (Wildman–Crippen MR) is 251 cm³/mol. The van der Waals surface area contributed by atoms with Crippen molar-refractivity contribution in [3.8, 4) is 20.9 Å². The van der Waals surface area contributed by atoms with E-state index < -0.39 is 0 Å². The van der Waals surface area contributed by atoms with Crippen LogP contribution in [0.15, 0.2) is 206 Å². The smallest absolute Gasteiger partial charge is 0.194 e. The van der Waals surface area contributed by atoms with Crippen LogP contribution in [0.25, 0.3) is 41.1 Å². The van der Waals surface area contributed by atoms with Crippen LogP contribution in [-0.2, 0) is 0 Å². The molecule has 2 heterocycles. The molecule has 2 aromatic heterocycles. The number of ketones is 2. The lowest BCUT2D eigenvalue weighted by molar-refractivity contribution is 0.0979. The number of fused-ring (bicyclic) bond motifs is 4. The van der Waals surface area contributed by atoms with Gasteiger partial charge in [0.1, 0.15) is 0 Å². The molecule has 0 atom stereocenters. The van der Waals surface area contributed by atoms with E-state index in [-0.39, 0.29) is 11.6 Å². The van der Waals surface area contributed by atoms with E-state index in [9.17, 15) is 9.59 Å². The van der Waals surface area contributed by atoms with Crippen LogP contribution in [0, 0.1) is 0 Å². The first-order chi connectivity index (χ1) is 29.6. The van der Waals surface area contributed by atoms with Crippen molar-refractivity contribution in [3.05, 3.63) is 229 Å². The van der Waals surface area contributed by atoms with Crippen molar-refractivity contribution in [1.29, 1.82) is 0 Å². The summed E-state index contributed by atoms with van der Waals surface area (Å²) in [5, 5.41) is 1.91. The molecule has 8 aromatic carbocycles. The summed E-state index contributed by atoms with van der Waals surface area (Å²) in [5.41, 5.74) is 10.5. The van der Waals surface area contributed by atoms with E-state index in [0.717, 1.165) is 75.2 Å². The quantitative estimate of drug-likeness (QED) is 0.153. The zero-order valence-corrected chi connectivity index (χ0v) is 33.8. The van der Waals surface area contributed by atoms with Crippen molar-refractivity contribution in [2.24, 2.45) is 0 Å². The second kappa shape index (κ2) is 14.8. The maximum atomic E-state index is 14.2. The molecule has 0 amide bonds. The van der Waals surface area contributed by atoms with E-state index in [4.69, 9.17) is 0 Å². The van der Waals surface area contributed by atoms with Crippen LogP contribution in [0.3, 0.4) is 0 Å². The summed E-state index contributed by atoms with van der Waals surface area (Å²) in [7, 11) is 0. The average Bonchev–Trinajstić information content (AvgIpc) is 3.93. The molecule has 11 rings (SSSR count). The molecule has 10 aromatic rings. The third kappa shape index (κ3) is 6.30. The molecule has 0 fully saturated rings. The standard InChI is InChI=1S/C54H34N2O2S2/c57-53-45-29-37-31-49(35-21-25-43(26-22-35)55(39-13-5-1-6-14-39)40-15-7-2-8-16-40)59-51(37)33-47(45)54(58)46-30-38-32-50(60-52(38)34-48(46)53)36-23-27-44(28-24-36)56(41-17-9-3-10-18-41)42-19-11-4-12-20-42/h1-34H. The maximum absolute atomic E-state index is 14.2. The Morgan fingerprint density at radius 2 is 0.583 bits per heavy atom. The first-order valence-electron chi connectivity index (χ1n) is 19.8. The molecule has 0 saturated heterocycles. The van der Waals surface area contributed by atoms with Crippen LogP contribution in [-0.4, -0.2) is 11.6 Å². The summed E-state index contributed by atoms with van der Waals surface area (Å²) >= 11 is 3.28. The van der Waals surface area contributed by atoms with Crippen LogP contribution in [0.4, 0.5) is 34.1 Å². The highest BCUT2D eigenvalue weighted by Gasteiger charge is 2.31. The van der Waals surface area contributed by atoms with Crippen molar-refractivity contribution in [3.63, 3.8) is 0 Å². The van der Waals surface area contributed by atoms with Crippen molar-refractivity contribution in [2.75, 3.05) is 9.80 Å². The van der Waals surface area contributed by atoms with E-state index in [2.05, 4.69) is 168 Å². The maximum Gasteiger partial charge on any atom is 0.194 e. The van der Waals surface area contributed by atoms with Crippen LogP contribution >= 0.6 is 22.7 Å². The van der Waals surface area contributed by atoms with Gasteiger partial charge in [0, 0.05) is 75.5 Å². The molecule has 284 valence electrons. The molecule has 4 nitrogen and oxygen atoms in total. The fourth-order valence-corrected chi connectivity index (χ4v) is 10.4. The Labute approximate surface area is 355 Å². The SMILES string of the molecule is O=C1c2cc3cc(-c4ccc(N(c5ccccc5)c5ccccc5)cc4)sc3cc2C(=O)c2cc3cc(-c4ccc(N(c5ccccc5)c5ccccc5)cc4)sc3cc21. The second-order valence-corrected chi connectivity index (χ2v) is 17.0. The number of para-hydroxylation sites is 4. The summed E-state index contributed by atoms with van der Waals surface area (Å²) in [6.45, 7) is 0. The third-order valence-electron chi connectivity index (χ3n) is 11.2. The Hall–Kier alpha value is -7.38. The highest BCUT2D eigenvalue weighted by molar-refractivity contribution is 7.22. The topological polar surface area (TPSA) is 40.6 Å². The number of anilines is 6. The summed E-state index contributed by atoms with van der Waals surface area (Å²) in [6, 6.07) is 70.5. The fraction of sp³-hybridized carbons (Fsp3) is 0. The number of thiophene rings is 2. The van der Waals surface area contributed by atoms with Gasteiger partial charge in [-0.2, -0.15) is 0 Å². The molecule has 0 saturated carbocycles. The van der Waals surface area contributed by atoms with Gasteiger partial charge in [0.25, 0.3) is 0 Å². The first-order valence-corrected chi connectivity index (χ1v) is 21.4. The van der Waals surface area contributed by atoms with E-state index in [1.165, 1.54) is 0 Å². The zero-order valence-electron chi connectivity index (χ0n) is 32.2. The zero-order chi connectivity index (χ0) is 40.2. The molecule has 0 radical (unpaired) electrons. The lowest BCUT2D eigenvalue weighted by Crippen LogP contribution is -2.20. The average molecular weight is 807 g/mol. The highest BCUT2D eigenvalue weighted by atomic mass is 32.1. The van der Waals surface area contributed by atoms with Gasteiger partial charge >= 0.3 is 0 Å². The molecule has 0 spiro atoms. The molecule has 0 bridgehead atoms. The normalized spacial score (nSPS) is 12.1. The van der Waals surface area contributed by atoms with Crippen molar-refractivity contribution in [1.82, 2.24) is 0 Å². The van der Waals surface area contributed by atoms with E-state index in [1.54, 1.807) is 22.7 Å². The third-order valence-corrected chi connectivity index (χ3v) is 13.5. The Kier molecular flexibility index (Phi) is 8.80. The van der Waals surface area contributed by atoms with E-state index in [0.29, 0.717) is 22.3 Å². The predicted octanol–water partition coefficient (Wildman–Crippen LogP) is 15.2. The Morgan fingerprint density at radius 1 is 0.300 bits per heavy atom. The summed E-state index contributed by atoms with van der Waals surface area (Å²) in [4.78, 5) is 35.1. The van der Waals surface area contributed by atoms with Crippen molar-refractivity contribution >= 4 is 88.5 Å². The Balaban J connectivity index is 0.885. The van der Waals surface area contributed by atoms with Crippen LogP contribution in [0.5, 0.6) is 0 Å². The molecular weight excluding hydrogens is 773 g/mol. The monoisotopic (exact) mass is 806 g/mol. The summed E-state index contributed by atoms with van der Waals surface area (Å²) in [5.74, 6) is -0.215. The van der Waals surface area contributed by atoms with Gasteiger partial charge in [0.05, 0.1) is 0 Å². The molecule has 1 aliphatic carbocycles. The Bertz CT molecular complexity index is 2830. The van der Waals surface area contributed by atoms with Gasteiger partial charge in [0.15, 0.2) is 11.6 Å². The van der Waals surface area contributed by atoms with Crippen LogP contribution in [0.1, 0.15) is 31.8 Å². The van der Waals surface area contributed by atoms with Crippen LogP contribution in [0.2, 0.25) is 0 Å². The number of carbonyl (C=O) groups is 2. The molecular formula is C54H34N2O2S2. The number of carbonyl (C=O) groups excluding carboxylic acids is 2. The molecule has 0 N–H and O–H groups in total. The van der Waals surface area contributed by atoms with Crippen molar-refractivity contribution < 1.29 is 9.59 Å². The minimum atomic E-state index is -0.108. The van der Waals surface area contributed by atoms with Gasteiger partial charge in [0.2, 0.25) is 0 Å². The molecule has 6 heteroatoms. The number of hydrogen-bond acceptors (Lipinski definition) is 6. The summed E-state index contributed by atoms with van der Waals surface area (Å²) in [6.07, 6.45) is 0. The molecule has 0 unspecified atom stereocenters. The number of hydrogen-bond donors (Lipinski definition) is 0. The van der Waals surface area contributed by atoms with Crippen molar-refractivity contribution in [2.45, 2.75) is 0 Å². The molecule has 0 aliphatic heterocycles. The second-order valence-electron chi connectivity index (χ2n) is 14.9. The van der Waals surface area contributed by atoms with E-state index >= 15 is 0 Å². The largest absolute Gasteiger partial charge is 0.311 e. The van der Waals surface area contributed by atoms with Crippen LogP contribution < -0.4 is 9.80 Å². The highest BCUT2D eigenvalue weighted by Crippen LogP contribution is 2.43. The fourth-order valence-electron chi connectivity index (χ4n) is 8.25. The Morgan fingerprint density at radius 3 is 0.900 bits per heavy atom. The van der Waals surface area contributed by atoms with Gasteiger partial charge in [-0.05, 0) is 131 Å². The molecule has 60 heavy (non-hydrogen) atoms. The number of benzene rings is 8.